The first-order valence-electron chi connectivity index (χ1n) is 10.9. The van der Waals surface area contributed by atoms with Gasteiger partial charge in [-0.1, -0.05) is 66.2 Å². The maximum Gasteiger partial charge on any atom is 1.00 e. The van der Waals surface area contributed by atoms with E-state index in [1.807, 2.05) is 13.8 Å². The molecule has 0 aromatic heterocycles. The molecule has 0 spiro atoms. The van der Waals surface area contributed by atoms with Gasteiger partial charge in [-0.3, -0.25) is 9.59 Å². The van der Waals surface area contributed by atoms with Crippen LogP contribution in [0.15, 0.2) is 0 Å². The van der Waals surface area contributed by atoms with E-state index in [2.05, 4.69) is 13.8 Å². The van der Waals surface area contributed by atoms with Gasteiger partial charge in [-0.15, -0.1) is 0 Å². The number of carbonyl (C=O) groups is 2. The summed E-state index contributed by atoms with van der Waals surface area (Å²) in [6, 6.07) is 0. The molecule has 0 radical (unpaired) electrons. The normalized spacial score (nSPS) is 13.7. The standard InChI is InChI=1S/C20H38O7S.Na.HO2P/c1-5-9-11-16(7-3)14-26-19(21)13-18(28(23,24)25)20(22)27-15-17(8-4)12-10-6-2;;1-3-2/h16-18H,5-15H2,1-4H3,(H,23,24,25);;3H/q;+1;. The molecule has 0 aliphatic rings. The van der Waals surface area contributed by atoms with E-state index >= 15 is 0 Å². The third-order valence-electron chi connectivity index (χ3n) is 4.99. The third kappa shape index (κ3) is 19.4. The molecule has 9 nitrogen and oxygen atoms in total. The number of hydrogen-bond acceptors (Lipinski definition) is 8. The summed E-state index contributed by atoms with van der Waals surface area (Å²) in [6.07, 6.45) is 6.58. The van der Waals surface area contributed by atoms with Crippen molar-refractivity contribution in [2.45, 2.75) is 90.7 Å². The minimum Gasteiger partial charge on any atom is -0.747 e. The minimum absolute atomic E-state index is 0. The topological polar surface area (TPSA) is 147 Å². The summed E-state index contributed by atoms with van der Waals surface area (Å²) in [5.74, 6) is -1.74. The molecule has 0 saturated heterocycles. The molecule has 4 atom stereocenters. The maximum absolute atomic E-state index is 12.1. The molecule has 0 fully saturated rings. The zero-order valence-electron chi connectivity index (χ0n) is 20.1. The first-order valence-corrected chi connectivity index (χ1v) is 13.2. The van der Waals surface area contributed by atoms with Crippen LogP contribution < -0.4 is 29.6 Å². The SMILES string of the molecule is CCCCC(CC)COC(=O)CC(C(=O)OCC(CC)CCCC)S(=O)(=O)[O-].O=[PH+]O.[Na+]. The summed E-state index contributed by atoms with van der Waals surface area (Å²) in [7, 11) is -6.18. The van der Waals surface area contributed by atoms with Gasteiger partial charge < -0.3 is 14.0 Å². The summed E-state index contributed by atoms with van der Waals surface area (Å²) in [5, 5.41) is -2.06. The zero-order valence-corrected chi connectivity index (χ0v) is 23.9. The smallest absolute Gasteiger partial charge is 0.747 e. The number of hydrogen-bond donors (Lipinski definition) is 1. The predicted octanol–water partition coefficient (Wildman–Crippen LogP) is 0.731. The molecule has 4 unspecified atom stereocenters. The molecule has 184 valence electrons. The molecule has 0 aliphatic heterocycles. The van der Waals surface area contributed by atoms with Gasteiger partial charge in [0.25, 0.3) is 0 Å². The Bertz CT molecular complexity index is 602. The summed E-state index contributed by atoms with van der Waals surface area (Å²) < 4.78 is 53.1. The second kappa shape index (κ2) is 22.7. The van der Waals surface area contributed by atoms with Crippen molar-refractivity contribution in [2.24, 2.45) is 11.8 Å². The number of ether oxygens (including phenoxy) is 2. The fourth-order valence-electron chi connectivity index (χ4n) is 2.81. The van der Waals surface area contributed by atoms with Crippen molar-refractivity contribution < 1.29 is 71.0 Å². The summed E-state index contributed by atoms with van der Waals surface area (Å²) >= 11 is 0. The molecule has 0 aromatic carbocycles. The van der Waals surface area contributed by atoms with E-state index in [1.165, 1.54) is 0 Å². The summed E-state index contributed by atoms with van der Waals surface area (Å²) in [6.45, 7) is 8.26. The maximum atomic E-state index is 12.1. The van der Waals surface area contributed by atoms with Gasteiger partial charge in [0.05, 0.1) is 19.6 Å². The molecular formula is C20H39NaO9PS+. The van der Waals surface area contributed by atoms with Gasteiger partial charge in [-0.25, -0.2) is 8.42 Å². The van der Waals surface area contributed by atoms with Gasteiger partial charge in [0, 0.05) is 0 Å². The average Bonchev–Trinajstić information content (AvgIpc) is 2.71. The second-order valence-electron chi connectivity index (χ2n) is 7.42. The van der Waals surface area contributed by atoms with E-state index in [0.29, 0.717) is 0 Å². The monoisotopic (exact) mass is 509 g/mol. The molecule has 0 saturated carbocycles. The second-order valence-corrected chi connectivity index (χ2v) is 9.16. The zero-order chi connectivity index (χ0) is 24.3. The Labute approximate surface area is 216 Å². The number of unbranched alkanes of at least 4 members (excludes halogenated alkanes) is 2. The fourth-order valence-corrected chi connectivity index (χ4v) is 3.46. The molecule has 0 aliphatic carbocycles. The summed E-state index contributed by atoms with van der Waals surface area (Å²) in [5.41, 5.74) is 0. The van der Waals surface area contributed by atoms with Gasteiger partial charge in [-0.05, 0) is 29.2 Å². The van der Waals surface area contributed by atoms with Crippen LogP contribution in [0.25, 0.3) is 0 Å². The molecule has 0 bridgehead atoms. The van der Waals surface area contributed by atoms with E-state index in [0.717, 1.165) is 51.4 Å². The fraction of sp³-hybridized carbons (Fsp3) is 0.900. The average molecular weight is 510 g/mol. The predicted molar refractivity (Wildman–Crippen MR) is 118 cm³/mol. The van der Waals surface area contributed by atoms with Crippen LogP contribution in [-0.2, 0) is 33.7 Å². The Morgan fingerprint density at radius 2 is 1.34 bits per heavy atom. The van der Waals surface area contributed by atoms with Crippen LogP contribution in [0.2, 0.25) is 0 Å². The Morgan fingerprint density at radius 3 is 1.69 bits per heavy atom. The van der Waals surface area contributed by atoms with Gasteiger partial charge in [0.1, 0.15) is 10.1 Å². The van der Waals surface area contributed by atoms with Crippen LogP contribution in [0.5, 0.6) is 0 Å². The molecule has 0 aromatic rings. The Balaban J connectivity index is -0.00000198. The molecular weight excluding hydrogens is 470 g/mol. The number of rotatable bonds is 16. The van der Waals surface area contributed by atoms with Gasteiger partial charge in [0.15, 0.2) is 5.25 Å². The Hall–Kier alpha value is -0.0900. The Morgan fingerprint density at radius 1 is 0.938 bits per heavy atom. The quantitative estimate of drug-likeness (QED) is 0.138. The van der Waals surface area contributed by atoms with Crippen LogP contribution in [0, 0.1) is 11.8 Å². The van der Waals surface area contributed by atoms with Crippen molar-refractivity contribution >= 4 is 30.7 Å². The molecule has 12 heteroatoms. The van der Waals surface area contributed by atoms with Gasteiger partial charge in [-0.2, -0.15) is 4.89 Å². The van der Waals surface area contributed by atoms with E-state index in [9.17, 15) is 22.6 Å². The van der Waals surface area contributed by atoms with Crippen molar-refractivity contribution in [1.82, 2.24) is 0 Å². The van der Waals surface area contributed by atoms with Gasteiger partial charge in [0.2, 0.25) is 0 Å². The van der Waals surface area contributed by atoms with Crippen molar-refractivity contribution in [3.8, 4) is 0 Å². The van der Waals surface area contributed by atoms with E-state index in [-0.39, 0.29) is 54.6 Å². The van der Waals surface area contributed by atoms with Crippen LogP contribution in [0.4, 0.5) is 0 Å². The molecule has 0 amide bonds. The first-order chi connectivity index (χ1) is 14.6. The molecule has 0 heterocycles. The van der Waals surface area contributed by atoms with Crippen LogP contribution in [0.1, 0.15) is 85.5 Å². The largest absolute Gasteiger partial charge is 1.00 e. The van der Waals surface area contributed by atoms with E-state index in [1.54, 1.807) is 0 Å². The third-order valence-corrected chi connectivity index (χ3v) is 6.05. The van der Waals surface area contributed by atoms with E-state index < -0.39 is 42.4 Å². The molecule has 1 N–H and O–H groups in total. The minimum atomic E-state index is -5.01. The first kappa shape index (κ1) is 36.5. The van der Waals surface area contributed by atoms with E-state index in [4.69, 9.17) is 18.9 Å². The number of esters is 2. The Kier molecular flexibility index (Phi) is 25.9. The van der Waals surface area contributed by atoms with Crippen LogP contribution in [-0.4, -0.2) is 48.3 Å². The van der Waals surface area contributed by atoms with Crippen molar-refractivity contribution in [3.63, 3.8) is 0 Å². The van der Waals surface area contributed by atoms with Crippen LogP contribution in [0.3, 0.4) is 0 Å². The van der Waals surface area contributed by atoms with Crippen molar-refractivity contribution in [3.05, 3.63) is 0 Å². The molecule has 0 rings (SSSR count). The van der Waals surface area contributed by atoms with Crippen molar-refractivity contribution in [1.29, 1.82) is 0 Å². The van der Waals surface area contributed by atoms with Gasteiger partial charge >= 0.3 is 50.2 Å². The van der Waals surface area contributed by atoms with Crippen molar-refractivity contribution in [2.75, 3.05) is 13.2 Å². The molecule has 32 heavy (non-hydrogen) atoms. The van der Waals surface area contributed by atoms with Crippen LogP contribution >= 0.6 is 8.69 Å². The number of carbonyl (C=O) groups excluding carboxylic acids is 2. The summed E-state index contributed by atoms with van der Waals surface area (Å²) in [4.78, 5) is 31.2.